The van der Waals surface area contributed by atoms with Gasteiger partial charge in [0.05, 0.1) is 12.8 Å². The fourth-order valence-corrected chi connectivity index (χ4v) is 2.95. The number of nitrogens with zero attached hydrogens (tertiary/aromatic N) is 1. The molecule has 2 heterocycles. The lowest BCUT2D eigenvalue weighted by molar-refractivity contribution is 0.499. The Morgan fingerprint density at radius 2 is 2.16 bits per heavy atom. The van der Waals surface area contributed by atoms with Gasteiger partial charge in [0.25, 0.3) is 0 Å². The minimum atomic E-state index is 0.466. The van der Waals surface area contributed by atoms with Crippen molar-refractivity contribution in [2.45, 2.75) is 26.4 Å². The molecule has 3 heteroatoms. The molecule has 0 spiro atoms. The average molecular weight is 256 g/mol. The molecule has 3 nitrogen and oxygen atoms in total. The van der Waals surface area contributed by atoms with Crippen molar-refractivity contribution in [2.75, 3.05) is 11.4 Å². The normalized spacial score (nSPS) is 18.4. The smallest absolute Gasteiger partial charge is 0.122 e. The second-order valence-electron chi connectivity index (χ2n) is 5.39. The monoisotopic (exact) mass is 256 g/mol. The molecule has 0 amide bonds. The van der Waals surface area contributed by atoms with Crippen LogP contribution in [0.4, 0.5) is 5.69 Å². The van der Waals surface area contributed by atoms with Gasteiger partial charge in [-0.2, -0.15) is 0 Å². The molecule has 2 aromatic rings. The van der Waals surface area contributed by atoms with Crippen molar-refractivity contribution in [2.24, 2.45) is 11.7 Å². The van der Waals surface area contributed by atoms with Gasteiger partial charge in [0.15, 0.2) is 0 Å². The number of anilines is 1. The minimum Gasteiger partial charge on any atom is -0.468 e. The molecule has 0 aliphatic carbocycles. The van der Waals surface area contributed by atoms with Crippen LogP contribution in [-0.2, 0) is 19.5 Å². The van der Waals surface area contributed by atoms with Gasteiger partial charge in [0, 0.05) is 24.3 Å². The van der Waals surface area contributed by atoms with Crippen LogP contribution in [0.3, 0.4) is 0 Å². The molecule has 0 fully saturated rings. The molecule has 0 radical (unpaired) electrons. The van der Waals surface area contributed by atoms with E-state index in [1.165, 1.54) is 23.2 Å². The molecule has 0 bridgehead atoms. The zero-order valence-electron chi connectivity index (χ0n) is 11.3. The fourth-order valence-electron chi connectivity index (χ4n) is 2.95. The quantitative estimate of drug-likeness (QED) is 0.918. The highest BCUT2D eigenvalue weighted by Crippen LogP contribution is 2.31. The van der Waals surface area contributed by atoms with Crippen molar-refractivity contribution in [1.29, 1.82) is 0 Å². The predicted octanol–water partition coefficient (Wildman–Crippen LogP) is 2.94. The van der Waals surface area contributed by atoms with E-state index in [4.69, 9.17) is 10.2 Å². The molecule has 19 heavy (non-hydrogen) atoms. The van der Waals surface area contributed by atoms with E-state index in [0.29, 0.717) is 12.5 Å². The second kappa shape index (κ2) is 5.10. The molecular weight excluding hydrogens is 236 g/mol. The third kappa shape index (κ3) is 2.38. The highest BCUT2D eigenvalue weighted by molar-refractivity contribution is 5.56. The van der Waals surface area contributed by atoms with Crippen molar-refractivity contribution in [3.63, 3.8) is 0 Å². The molecule has 1 atom stereocenters. The lowest BCUT2D eigenvalue weighted by atomic mass is 9.93. The number of hydrogen-bond donors (Lipinski definition) is 1. The van der Waals surface area contributed by atoms with Gasteiger partial charge in [-0.05, 0) is 30.0 Å². The number of benzene rings is 1. The van der Waals surface area contributed by atoms with Crippen LogP contribution in [0.5, 0.6) is 0 Å². The van der Waals surface area contributed by atoms with Crippen molar-refractivity contribution in [3.05, 3.63) is 53.5 Å². The maximum Gasteiger partial charge on any atom is 0.122 e. The molecule has 1 aliphatic heterocycles. The molecule has 1 unspecified atom stereocenters. The standard InChI is InChI=1S/C16H20N2O/c1-12-8-13-4-2-3-5-15(13)18(10-12)11-14-6-7-19-16(14)9-17/h2-7,12H,8-11,17H2,1H3. The van der Waals surface area contributed by atoms with Crippen LogP contribution >= 0.6 is 0 Å². The number of hydrogen-bond acceptors (Lipinski definition) is 3. The lowest BCUT2D eigenvalue weighted by Crippen LogP contribution is -2.33. The molecule has 1 aliphatic rings. The molecule has 0 saturated carbocycles. The Morgan fingerprint density at radius 3 is 3.00 bits per heavy atom. The summed E-state index contributed by atoms with van der Waals surface area (Å²) in [7, 11) is 0. The molecule has 0 saturated heterocycles. The van der Waals surface area contributed by atoms with Gasteiger partial charge < -0.3 is 15.1 Å². The maximum absolute atomic E-state index is 5.71. The second-order valence-corrected chi connectivity index (χ2v) is 5.39. The Hall–Kier alpha value is -1.74. The molecule has 1 aromatic heterocycles. The zero-order valence-corrected chi connectivity index (χ0v) is 11.3. The van der Waals surface area contributed by atoms with Gasteiger partial charge in [-0.3, -0.25) is 0 Å². The van der Waals surface area contributed by atoms with Crippen molar-refractivity contribution < 1.29 is 4.42 Å². The Kier molecular flexibility index (Phi) is 3.30. The first-order valence-electron chi connectivity index (χ1n) is 6.86. The van der Waals surface area contributed by atoms with Gasteiger partial charge in [0.2, 0.25) is 0 Å². The topological polar surface area (TPSA) is 42.4 Å². The summed E-state index contributed by atoms with van der Waals surface area (Å²) in [6, 6.07) is 10.7. The van der Waals surface area contributed by atoms with E-state index in [-0.39, 0.29) is 0 Å². The summed E-state index contributed by atoms with van der Waals surface area (Å²) in [6.07, 6.45) is 2.90. The number of rotatable bonds is 3. The van der Waals surface area contributed by atoms with Crippen LogP contribution in [0, 0.1) is 5.92 Å². The van der Waals surface area contributed by atoms with Crippen molar-refractivity contribution >= 4 is 5.69 Å². The SMILES string of the molecule is CC1Cc2ccccc2N(Cc2ccoc2CN)C1. The average Bonchev–Trinajstić information content (AvgIpc) is 2.86. The molecule has 3 rings (SSSR count). The zero-order chi connectivity index (χ0) is 13.2. The van der Waals surface area contributed by atoms with Gasteiger partial charge in [-0.25, -0.2) is 0 Å². The Labute approximate surface area is 114 Å². The first-order chi connectivity index (χ1) is 9.28. The first kappa shape index (κ1) is 12.3. The third-order valence-corrected chi connectivity index (χ3v) is 3.82. The number of para-hydroxylation sites is 1. The summed E-state index contributed by atoms with van der Waals surface area (Å²) in [5.41, 5.74) is 9.71. The van der Waals surface area contributed by atoms with E-state index in [2.05, 4.69) is 36.1 Å². The number of fused-ring (bicyclic) bond motifs is 1. The Morgan fingerprint density at radius 1 is 1.32 bits per heavy atom. The van der Waals surface area contributed by atoms with E-state index in [0.717, 1.165) is 18.8 Å². The minimum absolute atomic E-state index is 0.466. The van der Waals surface area contributed by atoms with Crippen molar-refractivity contribution in [3.8, 4) is 0 Å². The van der Waals surface area contributed by atoms with Crippen molar-refractivity contribution in [1.82, 2.24) is 0 Å². The maximum atomic E-state index is 5.71. The third-order valence-electron chi connectivity index (χ3n) is 3.82. The van der Waals surface area contributed by atoms with Gasteiger partial charge >= 0.3 is 0 Å². The van der Waals surface area contributed by atoms with Crippen LogP contribution in [0.2, 0.25) is 0 Å². The van der Waals surface area contributed by atoms with Gasteiger partial charge in [-0.15, -0.1) is 0 Å². The highest BCUT2D eigenvalue weighted by Gasteiger charge is 2.22. The van der Waals surface area contributed by atoms with Gasteiger partial charge in [-0.1, -0.05) is 25.1 Å². The van der Waals surface area contributed by atoms with E-state index in [1.807, 2.05) is 6.07 Å². The summed E-state index contributed by atoms with van der Waals surface area (Å²) < 4.78 is 5.42. The van der Waals surface area contributed by atoms with Crippen LogP contribution in [-0.4, -0.2) is 6.54 Å². The Bertz CT molecular complexity index is 561. The van der Waals surface area contributed by atoms with Crippen LogP contribution < -0.4 is 10.6 Å². The summed E-state index contributed by atoms with van der Waals surface area (Å²) >= 11 is 0. The molecule has 100 valence electrons. The summed E-state index contributed by atoms with van der Waals surface area (Å²) in [5, 5.41) is 0. The highest BCUT2D eigenvalue weighted by atomic mass is 16.3. The van der Waals surface area contributed by atoms with E-state index < -0.39 is 0 Å². The van der Waals surface area contributed by atoms with E-state index in [9.17, 15) is 0 Å². The van der Waals surface area contributed by atoms with Crippen LogP contribution in [0.15, 0.2) is 41.0 Å². The predicted molar refractivity (Wildman–Crippen MR) is 77.0 cm³/mol. The Balaban J connectivity index is 1.89. The van der Waals surface area contributed by atoms with Gasteiger partial charge in [0.1, 0.15) is 5.76 Å². The van der Waals surface area contributed by atoms with Crippen LogP contribution in [0.25, 0.3) is 0 Å². The molecule has 2 N–H and O–H groups in total. The fraction of sp³-hybridized carbons (Fsp3) is 0.375. The number of furan rings is 1. The summed E-state index contributed by atoms with van der Waals surface area (Å²) in [5.74, 6) is 1.58. The summed E-state index contributed by atoms with van der Waals surface area (Å²) in [4.78, 5) is 2.44. The van der Waals surface area contributed by atoms with Crippen LogP contribution in [0.1, 0.15) is 23.8 Å². The van der Waals surface area contributed by atoms with E-state index in [1.54, 1.807) is 6.26 Å². The largest absolute Gasteiger partial charge is 0.468 e. The first-order valence-corrected chi connectivity index (χ1v) is 6.86. The molecule has 1 aromatic carbocycles. The summed E-state index contributed by atoms with van der Waals surface area (Å²) in [6.45, 7) is 4.74. The number of nitrogens with two attached hydrogens (primary N) is 1. The lowest BCUT2D eigenvalue weighted by Gasteiger charge is -2.34. The molecular formula is C16H20N2O. The van der Waals surface area contributed by atoms with E-state index >= 15 is 0 Å².